The van der Waals surface area contributed by atoms with E-state index in [9.17, 15) is 13.2 Å². The van der Waals surface area contributed by atoms with E-state index in [1.165, 1.54) is 22.8 Å². The van der Waals surface area contributed by atoms with Crippen LogP contribution in [-0.2, 0) is 26.1 Å². The van der Waals surface area contributed by atoms with Crippen molar-refractivity contribution in [1.29, 1.82) is 0 Å². The number of piperazine rings is 1. The van der Waals surface area contributed by atoms with E-state index in [0.717, 1.165) is 10.9 Å². The Morgan fingerprint density at radius 3 is 2.50 bits per heavy atom. The average molecular weight is 504 g/mol. The Hall–Kier alpha value is -2.60. The number of sulfonamides is 1. The molecule has 1 aliphatic rings. The van der Waals surface area contributed by atoms with Gasteiger partial charge in [0.1, 0.15) is 21.9 Å². The Kier molecular flexibility index (Phi) is 7.46. The molecular weight excluding hydrogens is 474 g/mol. The van der Waals surface area contributed by atoms with Crippen molar-refractivity contribution in [3.05, 3.63) is 47.6 Å². The predicted molar refractivity (Wildman–Crippen MR) is 132 cm³/mol. The van der Waals surface area contributed by atoms with E-state index in [4.69, 9.17) is 14.7 Å². The number of thiophene rings is 1. The number of methoxy groups -OCH3 is 1. The molecule has 1 N–H and O–H groups in total. The molecule has 0 bridgehead atoms. The molecule has 1 fully saturated rings. The summed E-state index contributed by atoms with van der Waals surface area (Å²) >= 11 is 1.24. The minimum absolute atomic E-state index is 0.00278. The van der Waals surface area contributed by atoms with Crippen molar-refractivity contribution in [3.8, 4) is 0 Å². The van der Waals surface area contributed by atoms with Crippen LogP contribution in [0, 0.1) is 5.92 Å². The highest BCUT2D eigenvalue weighted by Gasteiger charge is 2.30. The molecular formula is C23H29N5O4S2. The maximum Gasteiger partial charge on any atom is 0.328 e. The van der Waals surface area contributed by atoms with Crippen LogP contribution in [0.25, 0.3) is 10.9 Å². The van der Waals surface area contributed by atoms with Crippen LogP contribution in [0.4, 0.5) is 5.82 Å². The van der Waals surface area contributed by atoms with Crippen LogP contribution in [0.15, 0.2) is 46.0 Å². The second kappa shape index (κ2) is 10.3. The summed E-state index contributed by atoms with van der Waals surface area (Å²) in [5.74, 6) is 0.858. The zero-order valence-electron chi connectivity index (χ0n) is 19.5. The van der Waals surface area contributed by atoms with Crippen molar-refractivity contribution in [2.45, 2.75) is 30.6 Å². The Morgan fingerprint density at radius 1 is 1.12 bits per heavy atom. The maximum absolute atomic E-state index is 12.8. The largest absolute Gasteiger partial charge is 0.467 e. The Labute approximate surface area is 203 Å². The second-order valence-corrected chi connectivity index (χ2v) is 11.6. The number of nitrogens with one attached hydrogen (secondary N) is 1. The molecule has 1 atom stereocenters. The highest BCUT2D eigenvalue weighted by Crippen LogP contribution is 2.25. The van der Waals surface area contributed by atoms with E-state index in [1.54, 1.807) is 17.5 Å². The number of carbonyl (C=O) groups is 1. The van der Waals surface area contributed by atoms with Gasteiger partial charge in [-0.25, -0.2) is 23.2 Å². The fraction of sp³-hybridized carbons (Fsp3) is 0.435. The lowest BCUT2D eigenvalue weighted by molar-refractivity contribution is -0.142. The fourth-order valence-electron chi connectivity index (χ4n) is 3.94. The van der Waals surface area contributed by atoms with E-state index in [2.05, 4.69) is 10.2 Å². The molecule has 3 heterocycles. The van der Waals surface area contributed by atoms with E-state index < -0.39 is 16.1 Å². The lowest BCUT2D eigenvalue weighted by Crippen LogP contribution is -2.48. The zero-order valence-corrected chi connectivity index (χ0v) is 21.1. The van der Waals surface area contributed by atoms with Gasteiger partial charge in [-0.15, -0.1) is 11.3 Å². The first-order valence-corrected chi connectivity index (χ1v) is 13.5. The summed E-state index contributed by atoms with van der Waals surface area (Å²) in [4.78, 5) is 23.9. The molecule has 0 amide bonds. The summed E-state index contributed by atoms with van der Waals surface area (Å²) < 4.78 is 32.5. The highest BCUT2D eigenvalue weighted by molar-refractivity contribution is 7.91. The number of anilines is 1. The lowest BCUT2D eigenvalue weighted by Gasteiger charge is -2.33. The molecule has 34 heavy (non-hydrogen) atoms. The predicted octanol–water partition coefficient (Wildman–Crippen LogP) is 2.81. The molecule has 1 aliphatic heterocycles. The molecule has 2 aromatic heterocycles. The first-order chi connectivity index (χ1) is 16.3. The summed E-state index contributed by atoms with van der Waals surface area (Å²) in [6.07, 6.45) is 0. The SMILES string of the molecule is COC(=O)[C@@H](Nc1nc(CN2CCN(S(=O)(=O)c3cccs3)CC2)nc2ccccc12)C(C)C. The Morgan fingerprint density at radius 2 is 1.85 bits per heavy atom. The molecule has 3 aromatic rings. The van der Waals surface area contributed by atoms with Crippen molar-refractivity contribution in [1.82, 2.24) is 19.2 Å². The first kappa shape index (κ1) is 24.5. The minimum atomic E-state index is -3.44. The van der Waals surface area contributed by atoms with Gasteiger partial charge < -0.3 is 10.1 Å². The number of nitrogens with zero attached hydrogens (tertiary/aromatic N) is 4. The maximum atomic E-state index is 12.8. The number of ether oxygens (including phenoxy) is 1. The second-order valence-electron chi connectivity index (χ2n) is 8.51. The quantitative estimate of drug-likeness (QED) is 0.468. The van der Waals surface area contributed by atoms with E-state index >= 15 is 0 Å². The molecule has 11 heteroatoms. The molecule has 0 unspecified atom stereocenters. The summed E-state index contributed by atoms with van der Waals surface area (Å²) in [6, 6.07) is 10.5. The number of fused-ring (bicyclic) bond motifs is 1. The lowest BCUT2D eigenvalue weighted by atomic mass is 10.0. The van der Waals surface area contributed by atoms with Crippen molar-refractivity contribution in [2.24, 2.45) is 5.92 Å². The first-order valence-electron chi connectivity index (χ1n) is 11.2. The standard InChI is InChI=1S/C23H29N5O4S2/c1-16(2)21(23(29)32-3)26-22-17-7-4-5-8-18(17)24-19(25-22)15-27-10-12-28(13-11-27)34(30,31)20-9-6-14-33-20/h4-9,14,16,21H,10-13,15H2,1-3H3,(H,24,25,26)/t21-/m0/s1. The number of carbonyl (C=O) groups excluding carboxylic acids is 1. The molecule has 9 nitrogen and oxygen atoms in total. The number of aromatic nitrogens is 2. The van der Waals surface area contributed by atoms with Crippen LogP contribution >= 0.6 is 11.3 Å². The highest BCUT2D eigenvalue weighted by atomic mass is 32.2. The van der Waals surface area contributed by atoms with Crippen LogP contribution < -0.4 is 5.32 Å². The van der Waals surface area contributed by atoms with Crippen LogP contribution in [0.5, 0.6) is 0 Å². The molecule has 0 saturated carbocycles. The molecule has 0 radical (unpaired) electrons. The molecule has 0 spiro atoms. The average Bonchev–Trinajstić information content (AvgIpc) is 3.38. The molecule has 1 saturated heterocycles. The van der Waals surface area contributed by atoms with Gasteiger partial charge in [0.05, 0.1) is 19.2 Å². The Bertz CT molecular complexity index is 1240. The third kappa shape index (κ3) is 5.22. The third-order valence-electron chi connectivity index (χ3n) is 5.85. The van der Waals surface area contributed by atoms with Crippen LogP contribution in [0.1, 0.15) is 19.7 Å². The van der Waals surface area contributed by atoms with Crippen molar-refractivity contribution >= 4 is 44.1 Å². The minimum Gasteiger partial charge on any atom is -0.467 e. The van der Waals surface area contributed by atoms with Crippen LogP contribution in [0.2, 0.25) is 0 Å². The van der Waals surface area contributed by atoms with Crippen LogP contribution in [0.3, 0.4) is 0 Å². The molecule has 182 valence electrons. The van der Waals surface area contributed by atoms with E-state index in [1.807, 2.05) is 38.1 Å². The van der Waals surface area contributed by atoms with Gasteiger partial charge in [-0.2, -0.15) is 4.31 Å². The van der Waals surface area contributed by atoms with Crippen molar-refractivity contribution in [2.75, 3.05) is 38.6 Å². The van der Waals surface area contributed by atoms with E-state index in [0.29, 0.717) is 48.6 Å². The summed E-state index contributed by atoms with van der Waals surface area (Å²) in [5.41, 5.74) is 0.779. The van der Waals surface area contributed by atoms with Crippen molar-refractivity contribution < 1.29 is 17.9 Å². The third-order valence-corrected chi connectivity index (χ3v) is 9.12. The number of para-hydroxylation sites is 1. The summed E-state index contributed by atoms with van der Waals surface area (Å²) in [7, 11) is -2.07. The summed E-state index contributed by atoms with van der Waals surface area (Å²) in [5, 5.41) is 5.86. The van der Waals surface area contributed by atoms with Gasteiger partial charge in [0, 0.05) is 31.6 Å². The molecule has 4 rings (SSSR count). The number of rotatable bonds is 8. The van der Waals surface area contributed by atoms with Crippen molar-refractivity contribution in [3.63, 3.8) is 0 Å². The number of hydrogen-bond donors (Lipinski definition) is 1. The zero-order chi connectivity index (χ0) is 24.3. The monoisotopic (exact) mass is 503 g/mol. The molecule has 1 aromatic carbocycles. The summed E-state index contributed by atoms with van der Waals surface area (Å²) in [6.45, 7) is 6.37. The number of esters is 1. The van der Waals surface area contributed by atoms with Gasteiger partial charge in [0.15, 0.2) is 0 Å². The van der Waals surface area contributed by atoms with Gasteiger partial charge in [0.2, 0.25) is 0 Å². The van der Waals surface area contributed by atoms with Gasteiger partial charge in [-0.05, 0) is 29.5 Å². The van der Waals surface area contributed by atoms with E-state index in [-0.39, 0.29) is 11.9 Å². The van der Waals surface area contributed by atoms with Gasteiger partial charge in [-0.3, -0.25) is 4.90 Å². The topological polar surface area (TPSA) is 105 Å². The van der Waals surface area contributed by atoms with Crippen LogP contribution in [-0.4, -0.2) is 72.9 Å². The van der Waals surface area contributed by atoms with Gasteiger partial charge >= 0.3 is 5.97 Å². The fourth-order valence-corrected chi connectivity index (χ4v) is 6.51. The Balaban J connectivity index is 1.51. The number of hydrogen-bond acceptors (Lipinski definition) is 9. The smallest absolute Gasteiger partial charge is 0.328 e. The van der Waals surface area contributed by atoms with Gasteiger partial charge in [0.25, 0.3) is 10.0 Å². The normalized spacial score (nSPS) is 16.6. The molecule has 0 aliphatic carbocycles. The van der Waals surface area contributed by atoms with Gasteiger partial charge in [-0.1, -0.05) is 32.0 Å². The number of benzene rings is 1.